The van der Waals surface area contributed by atoms with Crippen LogP contribution in [0.25, 0.3) is 0 Å². The van der Waals surface area contributed by atoms with E-state index in [4.69, 9.17) is 22.3 Å². The van der Waals surface area contributed by atoms with E-state index in [2.05, 4.69) is 4.98 Å². The summed E-state index contributed by atoms with van der Waals surface area (Å²) in [6, 6.07) is 0. The highest BCUT2D eigenvalue weighted by Crippen LogP contribution is 2.21. The van der Waals surface area contributed by atoms with Crippen LogP contribution in [0.4, 0.5) is 0 Å². The van der Waals surface area contributed by atoms with Crippen LogP contribution >= 0.6 is 22.3 Å². The smallest absolute Gasteiger partial charge is 0.236 e. The lowest BCUT2D eigenvalue weighted by Crippen LogP contribution is -1.99. The number of hydrogen-bond donors (Lipinski definition) is 0. The minimum absolute atomic E-state index is 0.262. The van der Waals surface area contributed by atoms with Crippen LogP contribution in [0.5, 0.6) is 0 Å². The second kappa shape index (κ2) is 3.82. The summed E-state index contributed by atoms with van der Waals surface area (Å²) < 4.78 is 21.6. The van der Waals surface area contributed by atoms with Gasteiger partial charge in [0.25, 0.3) is 0 Å². The topological polar surface area (TPSA) is 47.0 Å². The third-order valence-corrected chi connectivity index (χ3v) is 2.82. The number of pyridine rings is 1. The zero-order valence-corrected chi connectivity index (χ0v) is 9.12. The van der Waals surface area contributed by atoms with Gasteiger partial charge in [-0.3, -0.25) is 4.98 Å². The van der Waals surface area contributed by atoms with Crippen molar-refractivity contribution in [1.82, 2.24) is 4.98 Å². The molecule has 0 fully saturated rings. The molecule has 3 nitrogen and oxygen atoms in total. The molecule has 0 aromatic carbocycles. The van der Waals surface area contributed by atoms with E-state index in [9.17, 15) is 8.42 Å². The van der Waals surface area contributed by atoms with E-state index in [-0.39, 0.29) is 5.75 Å². The van der Waals surface area contributed by atoms with Crippen molar-refractivity contribution in [3.05, 3.63) is 28.5 Å². The third-order valence-electron chi connectivity index (χ3n) is 1.54. The minimum atomic E-state index is -3.56. The summed E-state index contributed by atoms with van der Waals surface area (Å²) in [4.78, 5) is 3.80. The van der Waals surface area contributed by atoms with Gasteiger partial charge in [0.15, 0.2) is 0 Å². The zero-order valence-electron chi connectivity index (χ0n) is 6.79. The fraction of sp³-hybridized carbons (Fsp3) is 0.286. The van der Waals surface area contributed by atoms with Crippen molar-refractivity contribution in [2.45, 2.75) is 12.7 Å². The molecule has 1 aromatic heterocycles. The van der Waals surface area contributed by atoms with Crippen LogP contribution in [0.3, 0.4) is 0 Å². The predicted octanol–water partition coefficient (Wildman–Crippen LogP) is 2.11. The van der Waals surface area contributed by atoms with Gasteiger partial charge in [-0.25, -0.2) is 8.42 Å². The van der Waals surface area contributed by atoms with E-state index in [1.807, 2.05) is 0 Å². The molecule has 0 radical (unpaired) electrons. The normalized spacial score (nSPS) is 11.6. The Balaban J connectivity index is 3.15. The average Bonchev–Trinajstić information content (AvgIpc) is 1.95. The SMILES string of the molecule is Cc1cncc(Cl)c1CS(=O)(=O)Cl. The molecule has 0 saturated heterocycles. The molecular formula is C7H7Cl2NO2S. The first-order valence-corrected chi connectivity index (χ1v) is 6.27. The maximum absolute atomic E-state index is 10.8. The van der Waals surface area contributed by atoms with E-state index < -0.39 is 9.05 Å². The van der Waals surface area contributed by atoms with Gasteiger partial charge < -0.3 is 0 Å². The van der Waals surface area contributed by atoms with E-state index >= 15 is 0 Å². The number of halogens is 2. The van der Waals surface area contributed by atoms with Crippen LogP contribution in [-0.4, -0.2) is 13.4 Å². The monoisotopic (exact) mass is 239 g/mol. The lowest BCUT2D eigenvalue weighted by Gasteiger charge is -2.04. The number of aromatic nitrogens is 1. The van der Waals surface area contributed by atoms with E-state index in [1.165, 1.54) is 6.20 Å². The Labute approximate surface area is 86.1 Å². The quantitative estimate of drug-likeness (QED) is 0.744. The van der Waals surface area contributed by atoms with Crippen molar-refractivity contribution in [2.24, 2.45) is 0 Å². The largest absolute Gasteiger partial charge is 0.263 e. The number of rotatable bonds is 2. The summed E-state index contributed by atoms with van der Waals surface area (Å²) in [5.41, 5.74) is 1.23. The van der Waals surface area contributed by atoms with E-state index in [0.717, 1.165) is 5.56 Å². The lowest BCUT2D eigenvalue weighted by molar-refractivity contribution is 0.608. The second-order valence-electron chi connectivity index (χ2n) is 2.60. The predicted molar refractivity (Wildman–Crippen MR) is 52.5 cm³/mol. The molecule has 0 N–H and O–H groups in total. The number of aryl methyl sites for hydroxylation is 1. The van der Waals surface area contributed by atoms with Crippen LogP contribution in [0, 0.1) is 6.92 Å². The van der Waals surface area contributed by atoms with Crippen molar-refractivity contribution in [2.75, 3.05) is 0 Å². The highest BCUT2D eigenvalue weighted by atomic mass is 35.7. The van der Waals surface area contributed by atoms with Crippen LogP contribution in [0.2, 0.25) is 5.02 Å². The Kier molecular flexibility index (Phi) is 3.16. The van der Waals surface area contributed by atoms with Crippen molar-refractivity contribution < 1.29 is 8.42 Å². The standard InChI is InChI=1S/C7H7Cl2NO2S/c1-5-2-10-3-7(8)6(5)4-13(9,11)12/h2-3H,4H2,1H3. The van der Waals surface area contributed by atoms with Crippen LogP contribution in [0.1, 0.15) is 11.1 Å². The summed E-state index contributed by atoms with van der Waals surface area (Å²) in [7, 11) is 1.54. The first kappa shape index (κ1) is 10.8. The van der Waals surface area contributed by atoms with Crippen molar-refractivity contribution >= 4 is 31.3 Å². The Morgan fingerprint density at radius 3 is 2.54 bits per heavy atom. The Bertz CT molecular complexity index is 396. The zero-order chi connectivity index (χ0) is 10.1. The van der Waals surface area contributed by atoms with E-state index in [0.29, 0.717) is 10.6 Å². The Morgan fingerprint density at radius 2 is 2.08 bits per heavy atom. The molecular weight excluding hydrogens is 233 g/mol. The fourth-order valence-electron chi connectivity index (χ4n) is 0.914. The lowest BCUT2D eigenvalue weighted by atomic mass is 10.2. The molecule has 1 heterocycles. The third kappa shape index (κ3) is 3.14. The van der Waals surface area contributed by atoms with E-state index in [1.54, 1.807) is 13.1 Å². The summed E-state index contributed by atoms with van der Waals surface area (Å²) in [6.07, 6.45) is 2.94. The molecule has 0 amide bonds. The number of nitrogens with zero attached hydrogens (tertiary/aromatic N) is 1. The summed E-state index contributed by atoms with van der Waals surface area (Å²) in [5.74, 6) is -0.262. The summed E-state index contributed by atoms with van der Waals surface area (Å²) in [6.45, 7) is 1.73. The van der Waals surface area contributed by atoms with Gasteiger partial charge in [-0.2, -0.15) is 0 Å². The van der Waals surface area contributed by atoms with Crippen LogP contribution < -0.4 is 0 Å². The van der Waals surface area contributed by atoms with Gasteiger partial charge in [0, 0.05) is 23.1 Å². The molecule has 0 aliphatic carbocycles. The molecule has 6 heteroatoms. The molecule has 0 atom stereocenters. The molecule has 0 saturated carbocycles. The molecule has 0 bridgehead atoms. The molecule has 0 aliphatic heterocycles. The molecule has 0 aliphatic rings. The first-order chi connectivity index (χ1) is 5.90. The first-order valence-electron chi connectivity index (χ1n) is 3.41. The van der Waals surface area contributed by atoms with Crippen LogP contribution in [-0.2, 0) is 14.8 Å². The van der Waals surface area contributed by atoms with Crippen LogP contribution in [0.15, 0.2) is 12.4 Å². The van der Waals surface area contributed by atoms with Gasteiger partial charge in [0.2, 0.25) is 9.05 Å². The maximum Gasteiger partial charge on any atom is 0.236 e. The highest BCUT2D eigenvalue weighted by Gasteiger charge is 2.12. The maximum atomic E-state index is 10.8. The Hall–Kier alpha value is -0.320. The summed E-state index contributed by atoms with van der Waals surface area (Å²) in [5, 5.41) is 0.323. The Morgan fingerprint density at radius 1 is 1.46 bits per heavy atom. The van der Waals surface area contributed by atoms with Crippen molar-refractivity contribution in [3.63, 3.8) is 0 Å². The van der Waals surface area contributed by atoms with Gasteiger partial charge in [0.1, 0.15) is 0 Å². The number of hydrogen-bond acceptors (Lipinski definition) is 3. The summed E-state index contributed by atoms with van der Waals surface area (Å²) >= 11 is 5.75. The van der Waals surface area contributed by atoms with Gasteiger partial charge in [0.05, 0.1) is 10.8 Å². The molecule has 0 spiro atoms. The fourth-order valence-corrected chi connectivity index (χ4v) is 2.32. The average molecular weight is 240 g/mol. The van der Waals surface area contributed by atoms with Gasteiger partial charge in [-0.05, 0) is 18.1 Å². The molecule has 1 aromatic rings. The minimum Gasteiger partial charge on any atom is -0.263 e. The molecule has 72 valence electrons. The van der Waals surface area contributed by atoms with Crippen molar-refractivity contribution in [3.8, 4) is 0 Å². The van der Waals surface area contributed by atoms with Gasteiger partial charge >= 0.3 is 0 Å². The van der Waals surface area contributed by atoms with Gasteiger partial charge in [-0.1, -0.05) is 11.6 Å². The second-order valence-corrected chi connectivity index (χ2v) is 5.78. The molecule has 0 unspecified atom stereocenters. The molecule has 1 rings (SSSR count). The highest BCUT2D eigenvalue weighted by molar-refractivity contribution is 8.13. The van der Waals surface area contributed by atoms with Crippen molar-refractivity contribution in [1.29, 1.82) is 0 Å². The molecule has 13 heavy (non-hydrogen) atoms. The van der Waals surface area contributed by atoms with Gasteiger partial charge in [-0.15, -0.1) is 0 Å².